The molecule has 0 radical (unpaired) electrons. The lowest BCUT2D eigenvalue weighted by Gasteiger charge is -2.15. The van der Waals surface area contributed by atoms with E-state index < -0.39 is 12.2 Å². The van der Waals surface area contributed by atoms with Crippen LogP contribution in [0.1, 0.15) is 23.7 Å². The van der Waals surface area contributed by atoms with E-state index in [0.717, 1.165) is 25.7 Å². The summed E-state index contributed by atoms with van der Waals surface area (Å²) in [5.41, 5.74) is 2.53. The van der Waals surface area contributed by atoms with Gasteiger partial charge in [-0.15, -0.1) is 11.3 Å². The number of benzene rings is 2. The number of rotatable bonds is 7. The zero-order valence-electron chi connectivity index (χ0n) is 13.0. The first-order valence-corrected chi connectivity index (χ1v) is 9.50. The molecule has 0 saturated carbocycles. The normalized spacial score (nSPS) is 14.0. The van der Waals surface area contributed by atoms with E-state index in [4.69, 9.17) is 5.11 Å². The second-order valence-corrected chi connectivity index (χ2v) is 7.86. The summed E-state index contributed by atoms with van der Waals surface area (Å²) >= 11 is 3.12. The van der Waals surface area contributed by atoms with Crippen molar-refractivity contribution in [3.63, 3.8) is 0 Å². The molecule has 6 heteroatoms. The largest absolute Gasteiger partial charge is 0.392 e. The van der Waals surface area contributed by atoms with E-state index in [0.29, 0.717) is 5.75 Å². The fourth-order valence-corrected chi connectivity index (χ4v) is 4.43. The number of fused-ring (bicyclic) bond motifs is 1. The number of hydrogen-bond acceptors (Lipinski definition) is 6. The number of thiazole rings is 1. The lowest BCUT2D eigenvalue weighted by atomic mass is 10.0. The maximum absolute atomic E-state index is 10.2. The molecule has 3 N–H and O–H groups in total. The van der Waals surface area contributed by atoms with E-state index in [-0.39, 0.29) is 13.0 Å². The van der Waals surface area contributed by atoms with Crippen LogP contribution >= 0.6 is 23.1 Å². The van der Waals surface area contributed by atoms with Gasteiger partial charge in [0.15, 0.2) is 4.34 Å². The number of para-hydroxylation sites is 1. The molecule has 2 atom stereocenters. The first-order valence-electron chi connectivity index (χ1n) is 7.70. The van der Waals surface area contributed by atoms with Crippen LogP contribution in [0.4, 0.5) is 0 Å². The third-order valence-electron chi connectivity index (χ3n) is 3.72. The van der Waals surface area contributed by atoms with E-state index >= 15 is 0 Å². The highest BCUT2D eigenvalue weighted by Gasteiger charge is 2.15. The summed E-state index contributed by atoms with van der Waals surface area (Å²) in [4.78, 5) is 4.53. The molecule has 4 nitrogen and oxygen atoms in total. The van der Waals surface area contributed by atoms with Crippen molar-refractivity contribution in [1.82, 2.24) is 4.98 Å². The molecule has 0 spiro atoms. The Hall–Kier alpha value is -1.44. The van der Waals surface area contributed by atoms with Crippen LogP contribution in [0.5, 0.6) is 0 Å². The van der Waals surface area contributed by atoms with Crippen molar-refractivity contribution in [2.24, 2.45) is 0 Å². The summed E-state index contributed by atoms with van der Waals surface area (Å²) < 4.78 is 2.07. The number of thioether (sulfide) groups is 1. The van der Waals surface area contributed by atoms with E-state index in [1.807, 2.05) is 24.3 Å². The topological polar surface area (TPSA) is 73.6 Å². The van der Waals surface area contributed by atoms with Gasteiger partial charge in [-0.1, -0.05) is 48.2 Å². The smallest absolute Gasteiger partial charge is 0.151 e. The summed E-state index contributed by atoms with van der Waals surface area (Å²) in [6.07, 6.45) is -1.06. The van der Waals surface area contributed by atoms with Crippen LogP contribution in [-0.2, 0) is 6.61 Å². The van der Waals surface area contributed by atoms with Gasteiger partial charge in [-0.3, -0.25) is 0 Å². The molecule has 24 heavy (non-hydrogen) atoms. The zero-order chi connectivity index (χ0) is 16.9. The zero-order valence-corrected chi connectivity index (χ0v) is 14.6. The van der Waals surface area contributed by atoms with Gasteiger partial charge in [0.05, 0.1) is 29.0 Å². The summed E-state index contributed by atoms with van der Waals surface area (Å²) in [5, 5.41) is 29.4. The Kier molecular flexibility index (Phi) is 5.86. The number of hydrogen-bond donors (Lipinski definition) is 3. The van der Waals surface area contributed by atoms with Gasteiger partial charge in [0.25, 0.3) is 0 Å². The van der Waals surface area contributed by atoms with Gasteiger partial charge >= 0.3 is 0 Å². The molecule has 0 aliphatic carbocycles. The molecular formula is C18H19NO3S2. The number of aromatic nitrogens is 1. The monoisotopic (exact) mass is 361 g/mol. The molecule has 0 saturated heterocycles. The minimum Gasteiger partial charge on any atom is -0.392 e. The molecule has 0 aliphatic heterocycles. The molecule has 0 unspecified atom stereocenters. The van der Waals surface area contributed by atoms with Gasteiger partial charge in [0.1, 0.15) is 0 Å². The first kappa shape index (κ1) is 17.4. The Labute approximate surface area is 148 Å². The molecular weight excluding hydrogens is 342 g/mol. The third kappa shape index (κ3) is 4.34. The highest BCUT2D eigenvalue weighted by atomic mass is 32.2. The highest BCUT2D eigenvalue weighted by Crippen LogP contribution is 2.30. The molecule has 126 valence electrons. The number of nitrogens with zero attached hydrogens (tertiary/aromatic N) is 1. The van der Waals surface area contributed by atoms with Crippen LogP contribution in [0.25, 0.3) is 10.2 Å². The molecule has 1 aromatic heterocycles. The lowest BCUT2D eigenvalue weighted by Crippen LogP contribution is -2.14. The van der Waals surface area contributed by atoms with Crippen molar-refractivity contribution >= 4 is 33.3 Å². The lowest BCUT2D eigenvalue weighted by molar-refractivity contribution is 0.0931. The first-order chi connectivity index (χ1) is 11.7. The van der Waals surface area contributed by atoms with E-state index in [2.05, 4.69) is 4.98 Å². The van der Waals surface area contributed by atoms with Crippen LogP contribution in [0, 0.1) is 0 Å². The van der Waals surface area contributed by atoms with Crippen LogP contribution in [0.2, 0.25) is 0 Å². The van der Waals surface area contributed by atoms with E-state index in [1.54, 1.807) is 35.6 Å². The van der Waals surface area contributed by atoms with Crippen LogP contribution in [0.3, 0.4) is 0 Å². The van der Waals surface area contributed by atoms with Gasteiger partial charge in [-0.2, -0.15) is 0 Å². The summed E-state index contributed by atoms with van der Waals surface area (Å²) in [5.74, 6) is 0.492. The molecule has 1 heterocycles. The molecule has 0 amide bonds. The minimum absolute atomic E-state index is 0.0161. The van der Waals surface area contributed by atoms with Crippen molar-refractivity contribution in [2.75, 3.05) is 5.75 Å². The van der Waals surface area contributed by atoms with Crippen LogP contribution in [0.15, 0.2) is 52.9 Å². The summed E-state index contributed by atoms with van der Waals surface area (Å²) in [6.45, 7) is -0.0161. The standard InChI is InChI=1S/C18H19NO3S2/c20-10-12-5-7-13(8-6-12)16(22)9-14(21)11-23-18-19-15-3-1-2-4-17(15)24-18/h1-8,14,16,20-22H,9-11H2/t14-,16+/m1/s1. The third-order valence-corrected chi connectivity index (χ3v) is 6.04. The predicted molar refractivity (Wildman–Crippen MR) is 98.3 cm³/mol. The Morgan fingerprint density at radius 2 is 1.79 bits per heavy atom. The summed E-state index contributed by atoms with van der Waals surface area (Å²) in [7, 11) is 0. The summed E-state index contributed by atoms with van der Waals surface area (Å²) in [6, 6.07) is 15.1. The Bertz CT molecular complexity index is 755. The maximum Gasteiger partial charge on any atom is 0.151 e. The van der Waals surface area contributed by atoms with E-state index in [1.165, 1.54) is 11.8 Å². The average Bonchev–Trinajstić information content (AvgIpc) is 3.03. The van der Waals surface area contributed by atoms with Gasteiger partial charge < -0.3 is 15.3 Å². The molecule has 0 bridgehead atoms. The van der Waals surface area contributed by atoms with Gasteiger partial charge in [0, 0.05) is 12.2 Å². The van der Waals surface area contributed by atoms with Crippen LogP contribution in [-0.4, -0.2) is 32.2 Å². The molecule has 3 rings (SSSR count). The van der Waals surface area contributed by atoms with Gasteiger partial charge in [-0.05, 0) is 23.3 Å². The molecule has 3 aromatic rings. The Morgan fingerprint density at radius 1 is 1.04 bits per heavy atom. The number of aliphatic hydroxyl groups excluding tert-OH is 3. The highest BCUT2D eigenvalue weighted by molar-refractivity contribution is 8.01. The second kappa shape index (κ2) is 8.09. The van der Waals surface area contributed by atoms with Gasteiger partial charge in [-0.25, -0.2) is 4.98 Å². The van der Waals surface area contributed by atoms with Crippen molar-refractivity contribution in [1.29, 1.82) is 0 Å². The van der Waals surface area contributed by atoms with Crippen molar-refractivity contribution in [3.05, 3.63) is 59.7 Å². The maximum atomic E-state index is 10.2. The quantitative estimate of drug-likeness (QED) is 0.563. The van der Waals surface area contributed by atoms with E-state index in [9.17, 15) is 10.2 Å². The Morgan fingerprint density at radius 3 is 2.50 bits per heavy atom. The molecule has 0 aliphatic rings. The second-order valence-electron chi connectivity index (χ2n) is 5.56. The molecule has 0 fully saturated rings. The predicted octanol–water partition coefficient (Wildman–Crippen LogP) is 3.37. The fraction of sp³-hybridized carbons (Fsp3) is 0.278. The SMILES string of the molecule is OCc1ccc([C@@H](O)C[C@@H](O)CSc2nc3ccccc3s2)cc1. The fourth-order valence-electron chi connectivity index (χ4n) is 2.39. The van der Waals surface area contributed by atoms with Crippen molar-refractivity contribution in [2.45, 2.75) is 29.6 Å². The van der Waals surface area contributed by atoms with Crippen molar-refractivity contribution in [3.8, 4) is 0 Å². The van der Waals surface area contributed by atoms with Crippen LogP contribution < -0.4 is 0 Å². The van der Waals surface area contributed by atoms with Crippen molar-refractivity contribution < 1.29 is 15.3 Å². The molecule has 2 aromatic carbocycles. The average molecular weight is 361 g/mol. The minimum atomic E-state index is -0.719. The Balaban J connectivity index is 1.53. The van der Waals surface area contributed by atoms with Gasteiger partial charge in [0.2, 0.25) is 0 Å². The number of aliphatic hydroxyl groups is 3.